The number of nitrogens with zero attached hydrogens (tertiary/aromatic N) is 3. The van der Waals surface area contributed by atoms with E-state index in [1.54, 1.807) is 18.0 Å². The first-order valence-electron chi connectivity index (χ1n) is 6.86. The number of benzene rings is 1. The first-order chi connectivity index (χ1) is 11.2. The second-order valence-corrected chi connectivity index (χ2v) is 6.72. The van der Waals surface area contributed by atoms with Crippen LogP contribution in [0.25, 0.3) is 11.6 Å². The van der Waals surface area contributed by atoms with Gasteiger partial charge in [-0.1, -0.05) is 27.7 Å². The largest absolute Gasteiger partial charge is 0.461 e. The Kier molecular flexibility index (Phi) is 3.78. The molecule has 0 saturated carbocycles. The van der Waals surface area contributed by atoms with Gasteiger partial charge in [-0.2, -0.15) is 0 Å². The molecule has 6 nitrogen and oxygen atoms in total. The Hall–Kier alpha value is -1.93. The molecule has 0 unspecified atom stereocenters. The summed E-state index contributed by atoms with van der Waals surface area (Å²) >= 11 is 5.17. The summed E-state index contributed by atoms with van der Waals surface area (Å²) < 4.78 is 19.1. The lowest BCUT2D eigenvalue weighted by Gasteiger charge is -2.06. The van der Waals surface area contributed by atoms with Gasteiger partial charge in [-0.05, 0) is 29.8 Å². The van der Waals surface area contributed by atoms with Crippen molar-refractivity contribution in [2.75, 3.05) is 6.79 Å². The van der Waals surface area contributed by atoms with E-state index in [9.17, 15) is 0 Å². The van der Waals surface area contributed by atoms with Crippen molar-refractivity contribution < 1.29 is 13.9 Å². The molecule has 0 saturated heterocycles. The van der Waals surface area contributed by atoms with E-state index < -0.39 is 0 Å². The first-order valence-corrected chi connectivity index (χ1v) is 8.64. The quantitative estimate of drug-likeness (QED) is 0.627. The minimum Gasteiger partial charge on any atom is -0.461 e. The second kappa shape index (κ2) is 5.93. The summed E-state index contributed by atoms with van der Waals surface area (Å²) in [6.07, 6.45) is 1.63. The molecule has 0 bridgehead atoms. The smallest absolute Gasteiger partial charge is 0.231 e. The van der Waals surface area contributed by atoms with Crippen LogP contribution in [-0.2, 0) is 12.8 Å². The summed E-state index contributed by atoms with van der Waals surface area (Å²) in [6, 6.07) is 7.62. The van der Waals surface area contributed by atoms with Crippen molar-refractivity contribution in [1.29, 1.82) is 0 Å². The third-order valence-electron chi connectivity index (χ3n) is 3.47. The Morgan fingerprint density at radius 3 is 2.87 bits per heavy atom. The number of ether oxygens (including phenoxy) is 2. The van der Waals surface area contributed by atoms with Crippen LogP contribution in [0.3, 0.4) is 0 Å². The first kappa shape index (κ1) is 14.6. The van der Waals surface area contributed by atoms with Gasteiger partial charge in [0.2, 0.25) is 6.79 Å². The van der Waals surface area contributed by atoms with Gasteiger partial charge in [0.05, 0.1) is 6.26 Å². The number of hydrogen-bond acceptors (Lipinski definition) is 6. The highest BCUT2D eigenvalue weighted by molar-refractivity contribution is 9.10. The fraction of sp³-hybridized carbons (Fsp3) is 0.200. The summed E-state index contributed by atoms with van der Waals surface area (Å²) in [5.74, 6) is 3.70. The van der Waals surface area contributed by atoms with Crippen LogP contribution in [0.1, 0.15) is 5.56 Å². The zero-order chi connectivity index (χ0) is 15.8. The molecule has 0 spiro atoms. The van der Waals surface area contributed by atoms with Gasteiger partial charge in [-0.3, -0.25) is 0 Å². The van der Waals surface area contributed by atoms with Crippen LogP contribution in [0.15, 0.2) is 44.6 Å². The summed E-state index contributed by atoms with van der Waals surface area (Å²) in [6.45, 7) is 0.272. The van der Waals surface area contributed by atoms with E-state index in [0.717, 1.165) is 32.4 Å². The van der Waals surface area contributed by atoms with Gasteiger partial charge >= 0.3 is 0 Å². The van der Waals surface area contributed by atoms with Crippen molar-refractivity contribution in [3.8, 4) is 23.1 Å². The van der Waals surface area contributed by atoms with Crippen LogP contribution in [-0.4, -0.2) is 21.6 Å². The number of fused-ring (bicyclic) bond motifs is 1. The van der Waals surface area contributed by atoms with Gasteiger partial charge in [0, 0.05) is 17.3 Å². The van der Waals surface area contributed by atoms with E-state index in [2.05, 4.69) is 26.1 Å². The minimum absolute atomic E-state index is 0.272. The second-order valence-electron chi connectivity index (χ2n) is 4.93. The molecular formula is C15H12BrN3O3S. The lowest BCUT2D eigenvalue weighted by Crippen LogP contribution is -1.94. The average molecular weight is 394 g/mol. The highest BCUT2D eigenvalue weighted by Gasteiger charge is 2.18. The van der Waals surface area contributed by atoms with E-state index in [0.29, 0.717) is 11.6 Å². The van der Waals surface area contributed by atoms with E-state index in [1.165, 1.54) is 0 Å². The van der Waals surface area contributed by atoms with Crippen LogP contribution in [0.4, 0.5) is 0 Å². The molecule has 2 aromatic heterocycles. The standard InChI is InChI=1S/C15H12BrN3O3S/c1-19-14(11-3-2-4-20-11)17-18-15(19)23-7-9-5-12-13(6-10(9)16)22-8-21-12/h2-6H,7-8H2,1H3. The molecule has 23 heavy (non-hydrogen) atoms. The van der Waals surface area contributed by atoms with Gasteiger partial charge in [-0.15, -0.1) is 10.2 Å². The van der Waals surface area contributed by atoms with E-state index in [-0.39, 0.29) is 6.79 Å². The van der Waals surface area contributed by atoms with Crippen molar-refractivity contribution in [1.82, 2.24) is 14.8 Å². The number of furan rings is 1. The normalized spacial score (nSPS) is 12.8. The van der Waals surface area contributed by atoms with Crippen LogP contribution >= 0.6 is 27.7 Å². The fourth-order valence-electron chi connectivity index (χ4n) is 2.27. The highest BCUT2D eigenvalue weighted by atomic mass is 79.9. The van der Waals surface area contributed by atoms with E-state index >= 15 is 0 Å². The van der Waals surface area contributed by atoms with E-state index in [1.807, 2.05) is 35.9 Å². The van der Waals surface area contributed by atoms with Crippen LogP contribution in [0, 0.1) is 0 Å². The van der Waals surface area contributed by atoms with Crippen molar-refractivity contribution in [2.45, 2.75) is 10.9 Å². The molecule has 3 aromatic rings. The molecule has 8 heteroatoms. The summed E-state index contributed by atoms with van der Waals surface area (Å²) in [7, 11) is 1.93. The molecule has 3 heterocycles. The summed E-state index contributed by atoms with van der Waals surface area (Å²) in [4.78, 5) is 0. The predicted octanol–water partition coefficient (Wildman–Crippen LogP) is 3.86. The molecule has 1 aliphatic rings. The molecule has 0 aliphatic carbocycles. The van der Waals surface area contributed by atoms with Gasteiger partial charge < -0.3 is 18.5 Å². The molecule has 118 valence electrons. The van der Waals surface area contributed by atoms with Crippen molar-refractivity contribution in [3.05, 3.63) is 40.6 Å². The summed E-state index contributed by atoms with van der Waals surface area (Å²) in [5, 5.41) is 9.25. The van der Waals surface area contributed by atoms with Crippen LogP contribution in [0.2, 0.25) is 0 Å². The number of aromatic nitrogens is 3. The van der Waals surface area contributed by atoms with Gasteiger partial charge in [0.15, 0.2) is 28.2 Å². The minimum atomic E-state index is 0.272. The maximum Gasteiger partial charge on any atom is 0.231 e. The van der Waals surface area contributed by atoms with Crippen LogP contribution < -0.4 is 9.47 Å². The van der Waals surface area contributed by atoms with Gasteiger partial charge in [0.25, 0.3) is 0 Å². The lowest BCUT2D eigenvalue weighted by molar-refractivity contribution is 0.174. The Morgan fingerprint density at radius 1 is 1.26 bits per heavy atom. The topological polar surface area (TPSA) is 62.3 Å². The molecular weight excluding hydrogens is 382 g/mol. The van der Waals surface area contributed by atoms with E-state index in [4.69, 9.17) is 13.9 Å². The third-order valence-corrected chi connectivity index (χ3v) is 5.28. The molecule has 4 rings (SSSR count). The number of hydrogen-bond donors (Lipinski definition) is 0. The molecule has 1 aliphatic heterocycles. The number of rotatable bonds is 4. The van der Waals surface area contributed by atoms with Gasteiger partial charge in [0.1, 0.15) is 0 Å². The maximum absolute atomic E-state index is 5.43. The van der Waals surface area contributed by atoms with Crippen molar-refractivity contribution in [3.63, 3.8) is 0 Å². The molecule has 1 aromatic carbocycles. The molecule has 0 radical (unpaired) electrons. The highest BCUT2D eigenvalue weighted by Crippen LogP contribution is 2.38. The fourth-order valence-corrected chi connectivity index (χ4v) is 3.82. The number of thioether (sulfide) groups is 1. The summed E-state index contributed by atoms with van der Waals surface area (Å²) in [5.41, 5.74) is 1.11. The zero-order valence-corrected chi connectivity index (χ0v) is 14.6. The van der Waals surface area contributed by atoms with Crippen molar-refractivity contribution >= 4 is 27.7 Å². The predicted molar refractivity (Wildman–Crippen MR) is 88.5 cm³/mol. The third kappa shape index (κ3) is 2.72. The monoisotopic (exact) mass is 393 g/mol. The SMILES string of the molecule is Cn1c(SCc2cc3c(cc2Br)OCO3)nnc1-c1ccco1. The Labute approximate surface area is 144 Å². The lowest BCUT2D eigenvalue weighted by atomic mass is 10.2. The van der Waals surface area contributed by atoms with Crippen LogP contribution in [0.5, 0.6) is 11.5 Å². The molecule has 0 N–H and O–H groups in total. The Bertz CT molecular complexity index is 848. The number of halogens is 1. The average Bonchev–Trinajstić information content (AvgIpc) is 3.25. The molecule has 0 atom stereocenters. The zero-order valence-electron chi connectivity index (χ0n) is 12.2. The van der Waals surface area contributed by atoms with Gasteiger partial charge in [-0.25, -0.2) is 0 Å². The Morgan fingerprint density at radius 2 is 2.09 bits per heavy atom. The molecule has 0 fully saturated rings. The van der Waals surface area contributed by atoms with Crippen molar-refractivity contribution in [2.24, 2.45) is 7.05 Å². The maximum atomic E-state index is 5.43. The Balaban J connectivity index is 1.54. The molecule has 0 amide bonds.